The third kappa shape index (κ3) is 3.80. The van der Waals surface area contributed by atoms with Crippen molar-refractivity contribution in [1.82, 2.24) is 9.80 Å². The van der Waals surface area contributed by atoms with Crippen LogP contribution < -0.4 is 0 Å². The lowest BCUT2D eigenvalue weighted by molar-refractivity contribution is -0.952. The molecule has 0 amide bonds. The molecule has 3 rings (SSSR count). The standard InChI is InChI=1S/C17H33N5/c1-21-11-4-7-19(16-21)10-15-22(12-3-2-6-18)13-5-8-20(17-22)9-14-21/h2-5,7-17H2,1H3/q+2. The van der Waals surface area contributed by atoms with E-state index in [0.717, 1.165) is 12.8 Å². The highest BCUT2D eigenvalue weighted by Crippen LogP contribution is 2.22. The van der Waals surface area contributed by atoms with E-state index in [9.17, 15) is 0 Å². The molecule has 124 valence electrons. The molecule has 0 aromatic carbocycles. The van der Waals surface area contributed by atoms with Crippen LogP contribution in [0.5, 0.6) is 0 Å². The molecule has 0 aromatic heterocycles. The molecule has 3 heterocycles. The van der Waals surface area contributed by atoms with Gasteiger partial charge >= 0.3 is 0 Å². The first-order chi connectivity index (χ1) is 10.6. The van der Waals surface area contributed by atoms with Crippen molar-refractivity contribution in [3.05, 3.63) is 0 Å². The molecular weight excluding hydrogens is 274 g/mol. The summed E-state index contributed by atoms with van der Waals surface area (Å²) in [7, 11) is 2.45. The van der Waals surface area contributed by atoms with Crippen molar-refractivity contribution < 1.29 is 8.97 Å². The van der Waals surface area contributed by atoms with Crippen molar-refractivity contribution in [2.75, 3.05) is 79.3 Å². The highest BCUT2D eigenvalue weighted by molar-refractivity contribution is 4.70. The largest absolute Gasteiger partial charge is 0.312 e. The van der Waals surface area contributed by atoms with Gasteiger partial charge in [0.05, 0.1) is 58.9 Å². The van der Waals surface area contributed by atoms with Crippen LogP contribution in [0.2, 0.25) is 0 Å². The zero-order valence-electron chi connectivity index (χ0n) is 14.3. The van der Waals surface area contributed by atoms with Crippen LogP contribution >= 0.6 is 0 Å². The summed E-state index contributed by atoms with van der Waals surface area (Å²) >= 11 is 0. The summed E-state index contributed by atoms with van der Waals surface area (Å²) < 4.78 is 2.48. The Morgan fingerprint density at radius 3 is 2.45 bits per heavy atom. The van der Waals surface area contributed by atoms with Gasteiger partial charge in [-0.3, -0.25) is 9.80 Å². The zero-order chi connectivity index (χ0) is 15.5. The molecule has 0 N–H and O–H groups in total. The molecule has 3 saturated heterocycles. The summed E-state index contributed by atoms with van der Waals surface area (Å²) in [5, 5.41) is 8.87. The van der Waals surface area contributed by atoms with Crippen molar-refractivity contribution in [1.29, 1.82) is 5.26 Å². The lowest BCUT2D eigenvalue weighted by Gasteiger charge is -2.50. The highest BCUT2D eigenvalue weighted by atomic mass is 15.5. The van der Waals surface area contributed by atoms with Crippen molar-refractivity contribution in [3.8, 4) is 6.07 Å². The fourth-order valence-corrected chi connectivity index (χ4v) is 4.75. The number of nitriles is 1. The Balaban J connectivity index is 1.71. The van der Waals surface area contributed by atoms with E-state index < -0.39 is 0 Å². The lowest BCUT2D eigenvalue weighted by Crippen LogP contribution is -2.66. The van der Waals surface area contributed by atoms with E-state index in [1.165, 1.54) is 94.0 Å². The first kappa shape index (κ1) is 16.2. The Hall–Kier alpha value is -0.670. The van der Waals surface area contributed by atoms with Gasteiger partial charge < -0.3 is 8.97 Å². The molecule has 4 unspecified atom stereocenters. The highest BCUT2D eigenvalue weighted by Gasteiger charge is 2.38. The van der Waals surface area contributed by atoms with Crippen molar-refractivity contribution in [3.63, 3.8) is 0 Å². The topological polar surface area (TPSA) is 30.3 Å². The molecule has 5 nitrogen and oxygen atoms in total. The van der Waals surface area contributed by atoms with Crippen LogP contribution in [-0.4, -0.2) is 98.1 Å². The number of quaternary nitrogens is 2. The zero-order valence-corrected chi connectivity index (χ0v) is 14.3. The van der Waals surface area contributed by atoms with E-state index in [-0.39, 0.29) is 0 Å². The minimum absolute atomic E-state index is 0.721. The molecule has 0 radical (unpaired) electrons. The molecule has 4 atom stereocenters. The van der Waals surface area contributed by atoms with Gasteiger partial charge in [0.15, 0.2) is 0 Å². The predicted octanol–water partition coefficient (Wildman–Crippen LogP) is 0.894. The molecular formula is C17H33N5+2. The second-order valence-electron chi connectivity index (χ2n) is 8.07. The summed E-state index contributed by atoms with van der Waals surface area (Å²) in [5.74, 6) is 0. The van der Waals surface area contributed by atoms with Gasteiger partial charge in [-0.1, -0.05) is 0 Å². The Morgan fingerprint density at radius 1 is 0.909 bits per heavy atom. The lowest BCUT2D eigenvalue weighted by atomic mass is 10.1. The molecule has 0 spiro atoms. The molecule has 22 heavy (non-hydrogen) atoms. The van der Waals surface area contributed by atoms with Crippen LogP contribution in [0.25, 0.3) is 0 Å². The van der Waals surface area contributed by atoms with Crippen LogP contribution in [-0.2, 0) is 0 Å². The summed E-state index contributed by atoms with van der Waals surface area (Å²) in [4.78, 5) is 5.42. The Kier molecular flexibility index (Phi) is 5.03. The number of hydrogen-bond acceptors (Lipinski definition) is 3. The van der Waals surface area contributed by atoms with Gasteiger partial charge in [-0.2, -0.15) is 5.26 Å². The van der Waals surface area contributed by atoms with Gasteiger partial charge in [0, 0.05) is 38.8 Å². The first-order valence-electron chi connectivity index (χ1n) is 9.14. The van der Waals surface area contributed by atoms with Gasteiger partial charge in [0.25, 0.3) is 0 Å². The summed E-state index contributed by atoms with van der Waals surface area (Å²) in [6.07, 6.45) is 4.47. The number of hydrogen-bond donors (Lipinski definition) is 0. The van der Waals surface area contributed by atoms with E-state index in [1.54, 1.807) is 0 Å². The average Bonchev–Trinajstić information content (AvgIpc) is 2.52. The maximum atomic E-state index is 8.87. The maximum Gasteiger partial charge on any atom is 0.135 e. The predicted molar refractivity (Wildman–Crippen MR) is 87.7 cm³/mol. The minimum Gasteiger partial charge on any atom is -0.312 e. The quantitative estimate of drug-likeness (QED) is 0.573. The molecule has 4 bridgehead atoms. The normalized spacial score (nSPS) is 42.4. The summed E-state index contributed by atoms with van der Waals surface area (Å²) in [6.45, 7) is 14.0. The van der Waals surface area contributed by atoms with Gasteiger partial charge in [0.1, 0.15) is 13.3 Å². The van der Waals surface area contributed by atoms with Gasteiger partial charge in [-0.05, 0) is 0 Å². The second-order valence-corrected chi connectivity index (χ2v) is 8.07. The first-order valence-corrected chi connectivity index (χ1v) is 9.14. The van der Waals surface area contributed by atoms with Crippen LogP contribution in [0.1, 0.15) is 25.7 Å². The Labute approximate surface area is 135 Å². The Bertz CT molecular complexity index is 420. The number of fused-ring (bicyclic) bond motifs is 4. The minimum atomic E-state index is 0.721. The fraction of sp³-hybridized carbons (Fsp3) is 0.941. The van der Waals surface area contributed by atoms with Crippen LogP contribution in [0, 0.1) is 11.3 Å². The molecule has 3 fully saturated rings. The molecule has 3 aliphatic rings. The summed E-state index contributed by atoms with van der Waals surface area (Å²) in [6, 6.07) is 2.33. The molecule has 0 aliphatic carbocycles. The van der Waals surface area contributed by atoms with Crippen molar-refractivity contribution >= 4 is 0 Å². The SMILES string of the molecule is C[N+]12CCCN(CC[N+]3(CCCC#N)CCCN(CC1)C3)C2. The average molecular weight is 307 g/mol. The number of likely N-dealkylation sites (N-methyl/N-ethyl adjacent to an activating group) is 1. The smallest absolute Gasteiger partial charge is 0.135 e. The molecule has 5 heteroatoms. The van der Waals surface area contributed by atoms with Crippen molar-refractivity contribution in [2.45, 2.75) is 25.7 Å². The molecule has 0 aromatic rings. The molecule has 0 saturated carbocycles. The Morgan fingerprint density at radius 2 is 1.64 bits per heavy atom. The number of rotatable bonds is 3. The van der Waals surface area contributed by atoms with Crippen LogP contribution in [0.4, 0.5) is 0 Å². The van der Waals surface area contributed by atoms with Gasteiger partial charge in [-0.15, -0.1) is 0 Å². The van der Waals surface area contributed by atoms with Gasteiger partial charge in [-0.25, -0.2) is 0 Å². The molecule has 3 aliphatic heterocycles. The fourth-order valence-electron chi connectivity index (χ4n) is 4.75. The van der Waals surface area contributed by atoms with E-state index in [2.05, 4.69) is 22.9 Å². The van der Waals surface area contributed by atoms with Crippen LogP contribution in [0.3, 0.4) is 0 Å². The van der Waals surface area contributed by atoms with Crippen molar-refractivity contribution in [2.24, 2.45) is 0 Å². The van der Waals surface area contributed by atoms with Crippen LogP contribution in [0.15, 0.2) is 0 Å². The maximum absolute atomic E-state index is 8.87. The monoisotopic (exact) mass is 307 g/mol. The van der Waals surface area contributed by atoms with Gasteiger partial charge in [0.2, 0.25) is 0 Å². The second kappa shape index (κ2) is 6.84. The number of unbranched alkanes of at least 4 members (excludes halogenated alkanes) is 1. The summed E-state index contributed by atoms with van der Waals surface area (Å²) in [5.41, 5.74) is 0. The third-order valence-electron chi connectivity index (χ3n) is 6.09. The third-order valence-corrected chi connectivity index (χ3v) is 6.09. The van der Waals surface area contributed by atoms with E-state index in [4.69, 9.17) is 5.26 Å². The van der Waals surface area contributed by atoms with E-state index in [0.29, 0.717) is 0 Å². The van der Waals surface area contributed by atoms with E-state index >= 15 is 0 Å². The van der Waals surface area contributed by atoms with E-state index in [1.807, 2.05) is 0 Å². The number of nitrogens with zero attached hydrogens (tertiary/aromatic N) is 5.